The zero-order chi connectivity index (χ0) is 11.5. The number of hydrogen-bond acceptors (Lipinski definition) is 2. The van der Waals surface area contributed by atoms with Crippen LogP contribution in [0.15, 0.2) is 18.2 Å². The molecule has 0 fully saturated rings. The number of aromatic nitrogens is 2. The van der Waals surface area contributed by atoms with E-state index in [2.05, 4.69) is 54.0 Å². The molecule has 3 nitrogen and oxygen atoms in total. The van der Waals surface area contributed by atoms with Gasteiger partial charge in [0.05, 0.1) is 17.6 Å². The molecule has 0 amide bonds. The fourth-order valence-electron chi connectivity index (χ4n) is 2.05. The van der Waals surface area contributed by atoms with Crippen LogP contribution in [0.3, 0.4) is 0 Å². The molecule has 0 atom stereocenters. The van der Waals surface area contributed by atoms with Crippen molar-refractivity contribution < 1.29 is 0 Å². The summed E-state index contributed by atoms with van der Waals surface area (Å²) < 4.78 is 2.19. The van der Waals surface area contributed by atoms with Gasteiger partial charge in [0.15, 0.2) is 0 Å². The van der Waals surface area contributed by atoms with Gasteiger partial charge in [0, 0.05) is 7.05 Å². The van der Waals surface area contributed by atoms with Crippen molar-refractivity contribution in [1.82, 2.24) is 14.9 Å². The van der Waals surface area contributed by atoms with E-state index in [0.717, 1.165) is 30.9 Å². The van der Waals surface area contributed by atoms with Crippen LogP contribution in [0.1, 0.15) is 24.7 Å². The average Bonchev–Trinajstić information content (AvgIpc) is 2.58. The minimum atomic E-state index is 0.846. The van der Waals surface area contributed by atoms with Crippen LogP contribution in [0, 0.1) is 6.92 Å². The van der Waals surface area contributed by atoms with Crippen molar-refractivity contribution >= 4 is 11.0 Å². The van der Waals surface area contributed by atoms with Crippen LogP contribution < -0.4 is 5.32 Å². The molecule has 0 radical (unpaired) electrons. The quantitative estimate of drug-likeness (QED) is 0.797. The summed E-state index contributed by atoms with van der Waals surface area (Å²) in [5.41, 5.74) is 3.63. The van der Waals surface area contributed by atoms with Gasteiger partial charge in [-0.15, -0.1) is 0 Å². The summed E-state index contributed by atoms with van der Waals surface area (Å²) in [6.07, 6.45) is 1.16. The summed E-state index contributed by atoms with van der Waals surface area (Å²) in [6.45, 7) is 6.19. The Hall–Kier alpha value is -1.35. The van der Waals surface area contributed by atoms with Crippen LogP contribution >= 0.6 is 0 Å². The molecule has 0 aliphatic heterocycles. The molecule has 1 heterocycles. The molecule has 1 aromatic heterocycles. The van der Waals surface area contributed by atoms with Crippen LogP contribution in [-0.2, 0) is 13.6 Å². The van der Waals surface area contributed by atoms with Gasteiger partial charge >= 0.3 is 0 Å². The molecule has 0 bridgehead atoms. The molecule has 0 spiro atoms. The lowest BCUT2D eigenvalue weighted by atomic mass is 10.2. The van der Waals surface area contributed by atoms with Crippen LogP contribution in [0.4, 0.5) is 0 Å². The highest BCUT2D eigenvalue weighted by Gasteiger charge is 2.08. The highest BCUT2D eigenvalue weighted by molar-refractivity contribution is 5.79. The molecule has 0 saturated carbocycles. The third-order valence-corrected chi connectivity index (χ3v) is 2.90. The van der Waals surface area contributed by atoms with Gasteiger partial charge in [0.1, 0.15) is 5.82 Å². The number of nitrogens with one attached hydrogen (secondary N) is 1. The van der Waals surface area contributed by atoms with Crippen molar-refractivity contribution in [3.63, 3.8) is 0 Å². The van der Waals surface area contributed by atoms with Crippen molar-refractivity contribution in [2.75, 3.05) is 6.54 Å². The molecule has 0 aliphatic carbocycles. The topological polar surface area (TPSA) is 29.9 Å². The number of imidazole rings is 1. The molecule has 2 aromatic rings. The second-order valence-corrected chi connectivity index (χ2v) is 4.21. The van der Waals surface area contributed by atoms with Crippen molar-refractivity contribution in [3.05, 3.63) is 29.6 Å². The summed E-state index contributed by atoms with van der Waals surface area (Å²) in [5, 5.41) is 3.39. The number of nitrogens with zero attached hydrogens (tertiary/aromatic N) is 2. The molecule has 0 unspecified atom stereocenters. The monoisotopic (exact) mass is 217 g/mol. The van der Waals surface area contributed by atoms with E-state index in [0.29, 0.717) is 0 Å². The Balaban J connectivity index is 2.33. The zero-order valence-electron chi connectivity index (χ0n) is 10.2. The van der Waals surface area contributed by atoms with Gasteiger partial charge in [-0.25, -0.2) is 4.98 Å². The fraction of sp³-hybridized carbons (Fsp3) is 0.462. The SMILES string of the molecule is CCCNCc1nc2cccc(C)c2n1C. The molecule has 3 heteroatoms. The molecule has 0 aliphatic rings. The van der Waals surface area contributed by atoms with E-state index in [1.807, 2.05) is 0 Å². The van der Waals surface area contributed by atoms with E-state index in [1.54, 1.807) is 0 Å². The maximum Gasteiger partial charge on any atom is 0.123 e. The summed E-state index contributed by atoms with van der Waals surface area (Å²) in [5.74, 6) is 1.11. The lowest BCUT2D eigenvalue weighted by molar-refractivity contribution is 0.634. The highest BCUT2D eigenvalue weighted by atomic mass is 15.1. The van der Waals surface area contributed by atoms with Crippen LogP contribution in [0.2, 0.25) is 0 Å². The van der Waals surface area contributed by atoms with E-state index in [-0.39, 0.29) is 0 Å². The number of aryl methyl sites for hydroxylation is 2. The van der Waals surface area contributed by atoms with Gasteiger partial charge in [0.2, 0.25) is 0 Å². The number of rotatable bonds is 4. The number of hydrogen-bond donors (Lipinski definition) is 1. The molecule has 2 rings (SSSR count). The highest BCUT2D eigenvalue weighted by Crippen LogP contribution is 2.18. The fourth-order valence-corrected chi connectivity index (χ4v) is 2.05. The first-order chi connectivity index (χ1) is 7.74. The third kappa shape index (κ3) is 1.95. The van der Waals surface area contributed by atoms with E-state index < -0.39 is 0 Å². The predicted octanol–water partition coefficient (Wildman–Crippen LogP) is 2.38. The lowest BCUT2D eigenvalue weighted by Crippen LogP contribution is -2.16. The van der Waals surface area contributed by atoms with Gasteiger partial charge in [0.25, 0.3) is 0 Å². The maximum absolute atomic E-state index is 4.65. The van der Waals surface area contributed by atoms with Crippen LogP contribution in [-0.4, -0.2) is 16.1 Å². The summed E-state index contributed by atoms with van der Waals surface area (Å²) in [4.78, 5) is 4.65. The van der Waals surface area contributed by atoms with Gasteiger partial charge in [-0.1, -0.05) is 19.1 Å². The van der Waals surface area contributed by atoms with E-state index in [9.17, 15) is 0 Å². The molecular weight excluding hydrogens is 198 g/mol. The Morgan fingerprint density at radius 3 is 2.88 bits per heavy atom. The largest absolute Gasteiger partial charge is 0.330 e. The van der Waals surface area contributed by atoms with Crippen molar-refractivity contribution in [2.24, 2.45) is 7.05 Å². The van der Waals surface area contributed by atoms with Crippen molar-refractivity contribution in [2.45, 2.75) is 26.8 Å². The average molecular weight is 217 g/mol. The van der Waals surface area contributed by atoms with E-state index >= 15 is 0 Å². The van der Waals surface area contributed by atoms with Crippen LogP contribution in [0.5, 0.6) is 0 Å². The molecule has 86 valence electrons. The summed E-state index contributed by atoms with van der Waals surface area (Å²) in [7, 11) is 2.09. The first-order valence-electron chi connectivity index (χ1n) is 5.85. The summed E-state index contributed by atoms with van der Waals surface area (Å²) >= 11 is 0. The second kappa shape index (κ2) is 4.66. The molecule has 1 N–H and O–H groups in total. The standard InChI is InChI=1S/C13H19N3/c1-4-8-14-9-12-15-11-7-5-6-10(2)13(11)16(12)3/h5-7,14H,4,8-9H2,1-3H3. The van der Waals surface area contributed by atoms with Crippen molar-refractivity contribution in [1.29, 1.82) is 0 Å². The Bertz CT molecular complexity index is 485. The Morgan fingerprint density at radius 2 is 2.19 bits per heavy atom. The predicted molar refractivity (Wildman–Crippen MR) is 67.4 cm³/mol. The molecule has 0 saturated heterocycles. The minimum absolute atomic E-state index is 0.846. The normalized spacial score (nSPS) is 11.2. The number of fused-ring (bicyclic) bond motifs is 1. The first kappa shape index (κ1) is 11.1. The summed E-state index contributed by atoms with van der Waals surface area (Å²) in [6, 6.07) is 6.27. The number of para-hydroxylation sites is 1. The van der Waals surface area contributed by atoms with E-state index in [1.165, 1.54) is 11.1 Å². The zero-order valence-corrected chi connectivity index (χ0v) is 10.2. The van der Waals surface area contributed by atoms with E-state index in [4.69, 9.17) is 0 Å². The number of benzene rings is 1. The lowest BCUT2D eigenvalue weighted by Gasteiger charge is -2.04. The third-order valence-electron chi connectivity index (χ3n) is 2.90. The smallest absolute Gasteiger partial charge is 0.123 e. The molecule has 16 heavy (non-hydrogen) atoms. The maximum atomic E-state index is 4.65. The minimum Gasteiger partial charge on any atom is -0.330 e. The van der Waals surface area contributed by atoms with Gasteiger partial charge in [-0.2, -0.15) is 0 Å². The second-order valence-electron chi connectivity index (χ2n) is 4.21. The Kier molecular flexibility index (Phi) is 3.25. The van der Waals surface area contributed by atoms with Gasteiger partial charge < -0.3 is 9.88 Å². The van der Waals surface area contributed by atoms with Crippen molar-refractivity contribution in [3.8, 4) is 0 Å². The Morgan fingerprint density at radius 1 is 1.38 bits per heavy atom. The van der Waals surface area contributed by atoms with Gasteiger partial charge in [-0.3, -0.25) is 0 Å². The first-order valence-corrected chi connectivity index (χ1v) is 5.85. The van der Waals surface area contributed by atoms with Gasteiger partial charge in [-0.05, 0) is 31.5 Å². The van der Waals surface area contributed by atoms with Crippen LogP contribution in [0.25, 0.3) is 11.0 Å². The molecule has 1 aromatic carbocycles. The molecular formula is C13H19N3. The Labute approximate surface area is 96.5 Å².